The van der Waals surface area contributed by atoms with Crippen LogP contribution < -0.4 is 20.3 Å². The van der Waals surface area contributed by atoms with Crippen LogP contribution in [-0.4, -0.2) is 118 Å². The van der Waals surface area contributed by atoms with Crippen molar-refractivity contribution >= 4 is 52.8 Å². The van der Waals surface area contributed by atoms with E-state index in [4.69, 9.17) is 21.6 Å². The van der Waals surface area contributed by atoms with Crippen LogP contribution in [0.15, 0.2) is 48.8 Å². The third kappa shape index (κ3) is 8.74. The average molecular weight is 822 g/mol. The van der Waals surface area contributed by atoms with Gasteiger partial charge in [0.25, 0.3) is 17.7 Å². The van der Waals surface area contributed by atoms with E-state index in [2.05, 4.69) is 36.5 Å². The number of fused-ring (bicyclic) bond motifs is 3. The summed E-state index contributed by atoms with van der Waals surface area (Å²) in [6, 6.07) is 11.5. The Labute approximate surface area is 348 Å². The summed E-state index contributed by atoms with van der Waals surface area (Å²) >= 11 is 6.21. The van der Waals surface area contributed by atoms with Crippen molar-refractivity contribution in [3.05, 3.63) is 76.1 Å². The molecule has 4 atom stereocenters. The zero-order chi connectivity index (χ0) is 41.0. The minimum atomic E-state index is -0.970. The molecule has 2 unspecified atom stereocenters. The van der Waals surface area contributed by atoms with Crippen LogP contribution in [-0.2, 0) is 9.59 Å². The Hall–Kier alpha value is -5.59. The average Bonchev–Trinajstić information content (AvgIpc) is 3.65. The van der Waals surface area contributed by atoms with E-state index in [-0.39, 0.29) is 48.1 Å². The van der Waals surface area contributed by atoms with Crippen LogP contribution in [0.25, 0.3) is 0 Å². The number of piperidine rings is 2. The predicted octanol–water partition coefficient (Wildman–Crippen LogP) is 4.80. The van der Waals surface area contributed by atoms with Crippen molar-refractivity contribution in [3.63, 3.8) is 0 Å². The van der Waals surface area contributed by atoms with Gasteiger partial charge in [0.2, 0.25) is 17.8 Å². The highest BCUT2D eigenvalue weighted by Gasteiger charge is 2.46. The van der Waals surface area contributed by atoms with E-state index in [1.165, 1.54) is 0 Å². The Balaban J connectivity index is 0.704. The summed E-state index contributed by atoms with van der Waals surface area (Å²) in [7, 11) is 0. The van der Waals surface area contributed by atoms with E-state index in [1.807, 2.05) is 4.90 Å². The molecule has 5 amide bonds. The molecule has 2 N–H and O–H groups in total. The van der Waals surface area contributed by atoms with Crippen molar-refractivity contribution in [2.45, 2.75) is 94.9 Å². The van der Waals surface area contributed by atoms with Crippen LogP contribution >= 0.6 is 11.6 Å². The number of nitrogens with one attached hydrogen (secondary N) is 2. The molecule has 2 aromatic carbocycles. The van der Waals surface area contributed by atoms with E-state index < -0.39 is 29.7 Å². The summed E-state index contributed by atoms with van der Waals surface area (Å²) in [5, 5.41) is 15.1. The Kier molecular flexibility index (Phi) is 12.1. The van der Waals surface area contributed by atoms with E-state index >= 15 is 0 Å². The van der Waals surface area contributed by atoms with Crippen molar-refractivity contribution in [1.29, 1.82) is 5.26 Å². The number of benzene rings is 2. The van der Waals surface area contributed by atoms with Gasteiger partial charge in [0.1, 0.15) is 24.0 Å². The molecule has 0 aliphatic carbocycles. The van der Waals surface area contributed by atoms with Gasteiger partial charge in [0, 0.05) is 88.2 Å². The Bertz CT molecular complexity index is 2140. The molecule has 59 heavy (non-hydrogen) atoms. The number of unbranched alkanes of at least 4 members (excludes halogenated alkanes) is 4. The number of hydrogen-bond acceptors (Lipinski definition) is 12. The Morgan fingerprint density at radius 2 is 1.59 bits per heavy atom. The molecule has 1 aromatic heterocycles. The largest absolute Gasteiger partial charge is 0.490 e. The highest BCUT2D eigenvalue weighted by atomic mass is 35.5. The molecule has 5 aliphatic rings. The SMILES string of the molecule is N#Cc1ccc(OC2C[C@H]3CC[C@@H](C2)N3C(=O)c2cnc(N3CCN(CCCCCCCNc4ccc5c(c4)C(=O)N(C4CCC(=O)NC4=O)C5=O)CC3)nc2)cc1Cl. The van der Waals surface area contributed by atoms with Gasteiger partial charge >= 0.3 is 0 Å². The molecule has 6 heterocycles. The van der Waals surface area contributed by atoms with Gasteiger partial charge in [0.15, 0.2) is 0 Å². The van der Waals surface area contributed by atoms with Crippen molar-refractivity contribution in [1.82, 2.24) is 30.0 Å². The summed E-state index contributed by atoms with van der Waals surface area (Å²) < 4.78 is 6.24. The van der Waals surface area contributed by atoms with Crippen molar-refractivity contribution in [2.24, 2.45) is 0 Å². The van der Waals surface area contributed by atoms with Crippen LogP contribution in [0.1, 0.15) is 107 Å². The molecule has 0 radical (unpaired) electrons. The quantitative estimate of drug-likeness (QED) is 0.168. The molecule has 2 bridgehead atoms. The number of carbonyl (C=O) groups is 5. The lowest BCUT2D eigenvalue weighted by Crippen LogP contribution is -2.54. The number of nitrogens with zero attached hydrogens (tertiary/aromatic N) is 7. The van der Waals surface area contributed by atoms with Gasteiger partial charge in [-0.3, -0.25) is 39.1 Å². The first-order valence-electron chi connectivity index (χ1n) is 20.7. The van der Waals surface area contributed by atoms with Crippen molar-refractivity contribution in [3.8, 4) is 11.8 Å². The molecule has 308 valence electrons. The second-order valence-corrected chi connectivity index (χ2v) is 16.5. The number of amides is 5. The zero-order valence-electron chi connectivity index (χ0n) is 32.9. The number of nitriles is 1. The number of imide groups is 2. The third-order valence-electron chi connectivity index (χ3n) is 12.2. The topological polar surface area (TPSA) is 181 Å². The number of hydrogen-bond donors (Lipinski definition) is 2. The Morgan fingerprint density at radius 3 is 2.31 bits per heavy atom. The predicted molar refractivity (Wildman–Crippen MR) is 218 cm³/mol. The summed E-state index contributed by atoms with van der Waals surface area (Å²) in [6.45, 7) is 5.32. The summed E-state index contributed by atoms with van der Waals surface area (Å²) in [5.74, 6) is -0.746. The molecule has 3 aromatic rings. The summed E-state index contributed by atoms with van der Waals surface area (Å²) in [5.41, 5.74) is 2.23. The maximum atomic E-state index is 13.6. The lowest BCUT2D eigenvalue weighted by atomic mass is 9.98. The zero-order valence-corrected chi connectivity index (χ0v) is 33.7. The number of halogens is 1. The molecule has 15 nitrogen and oxygen atoms in total. The van der Waals surface area contributed by atoms with Gasteiger partial charge in [-0.05, 0) is 69.0 Å². The number of aromatic nitrogens is 2. The smallest absolute Gasteiger partial charge is 0.262 e. The molecule has 5 aliphatic heterocycles. The molecular weight excluding hydrogens is 774 g/mol. The van der Waals surface area contributed by atoms with E-state index in [0.717, 1.165) is 108 Å². The number of piperazine rings is 1. The van der Waals surface area contributed by atoms with Gasteiger partial charge in [-0.1, -0.05) is 30.9 Å². The normalized spacial score (nSPS) is 22.9. The second kappa shape index (κ2) is 17.7. The lowest BCUT2D eigenvalue weighted by Gasteiger charge is -2.39. The van der Waals surface area contributed by atoms with Crippen LogP contribution in [0.2, 0.25) is 5.02 Å². The minimum Gasteiger partial charge on any atom is -0.490 e. The van der Waals surface area contributed by atoms with Gasteiger partial charge in [-0.15, -0.1) is 0 Å². The maximum absolute atomic E-state index is 13.6. The lowest BCUT2D eigenvalue weighted by molar-refractivity contribution is -0.136. The van der Waals surface area contributed by atoms with Gasteiger partial charge in [-0.2, -0.15) is 5.26 Å². The molecule has 8 rings (SSSR count). The third-order valence-corrected chi connectivity index (χ3v) is 12.6. The molecule has 16 heteroatoms. The number of rotatable bonds is 14. The minimum absolute atomic E-state index is 0.0225. The molecule has 0 saturated carbocycles. The monoisotopic (exact) mass is 821 g/mol. The highest BCUT2D eigenvalue weighted by molar-refractivity contribution is 6.31. The molecule has 4 fully saturated rings. The van der Waals surface area contributed by atoms with Gasteiger partial charge in [-0.25, -0.2) is 9.97 Å². The van der Waals surface area contributed by atoms with Gasteiger partial charge in [0.05, 0.1) is 27.3 Å². The van der Waals surface area contributed by atoms with Gasteiger partial charge < -0.3 is 19.9 Å². The van der Waals surface area contributed by atoms with E-state index in [1.54, 1.807) is 48.8 Å². The van der Waals surface area contributed by atoms with E-state index in [9.17, 15) is 24.0 Å². The fourth-order valence-electron chi connectivity index (χ4n) is 9.13. The molecule has 4 saturated heterocycles. The fourth-order valence-corrected chi connectivity index (χ4v) is 9.34. The maximum Gasteiger partial charge on any atom is 0.262 e. The first-order valence-corrected chi connectivity index (χ1v) is 21.1. The van der Waals surface area contributed by atoms with Crippen LogP contribution in [0.5, 0.6) is 5.75 Å². The Morgan fingerprint density at radius 1 is 0.881 bits per heavy atom. The van der Waals surface area contributed by atoms with E-state index in [0.29, 0.717) is 27.8 Å². The highest BCUT2D eigenvalue weighted by Crippen LogP contribution is 2.39. The first-order chi connectivity index (χ1) is 28.7. The van der Waals surface area contributed by atoms with Crippen molar-refractivity contribution in [2.75, 3.05) is 49.5 Å². The fraction of sp³-hybridized carbons (Fsp3) is 0.488. The number of carbonyl (C=O) groups excluding carboxylic acids is 5. The van der Waals surface area contributed by atoms with Crippen LogP contribution in [0, 0.1) is 11.3 Å². The summed E-state index contributed by atoms with van der Waals surface area (Å²) in [4.78, 5) is 80.4. The second-order valence-electron chi connectivity index (χ2n) is 16.1. The first kappa shape index (κ1) is 40.2. The summed E-state index contributed by atoms with van der Waals surface area (Å²) in [6.07, 6.45) is 12.3. The molecule has 0 spiro atoms. The number of ether oxygens (including phenoxy) is 1. The van der Waals surface area contributed by atoms with Crippen LogP contribution in [0.3, 0.4) is 0 Å². The standard InChI is InChI=1S/C43H48ClN9O6/c44-36-23-32(10-6-27(36)24-45)59-33-21-30-8-9-31(22-33)52(30)40(56)28-25-47-43(48-26-28)51-18-16-50(17-19-51)15-5-3-1-2-4-14-46-29-7-11-34-35(20-29)42(58)53(41(34)57)37-12-13-38(54)49-39(37)55/h6-7,10-11,20,23,25-26,30-31,33,37,46H,1-5,8-9,12-19,21-22H2,(H,49,54,55)/t30-,31+,33?,37?. The van der Waals surface area contributed by atoms with Crippen LogP contribution in [0.4, 0.5) is 11.6 Å². The molecular formula is C43H48ClN9O6. The van der Waals surface area contributed by atoms with Crippen molar-refractivity contribution < 1.29 is 28.7 Å². The number of anilines is 2.